The van der Waals surface area contributed by atoms with E-state index < -0.39 is 30.8 Å². The molecule has 0 aromatic heterocycles. The summed E-state index contributed by atoms with van der Waals surface area (Å²) in [6.45, 7) is -0.849. The topological polar surface area (TPSA) is 49.8 Å². The van der Waals surface area contributed by atoms with E-state index in [2.05, 4.69) is 0 Å². The Labute approximate surface area is 126 Å². The molecule has 0 saturated carbocycles. The second-order valence-corrected chi connectivity index (χ2v) is 5.34. The van der Waals surface area contributed by atoms with E-state index in [4.69, 9.17) is 4.74 Å². The van der Waals surface area contributed by atoms with Crippen molar-refractivity contribution in [3.63, 3.8) is 0 Å². The van der Waals surface area contributed by atoms with Crippen LogP contribution in [-0.4, -0.2) is 41.5 Å². The molecule has 22 heavy (non-hydrogen) atoms. The summed E-state index contributed by atoms with van der Waals surface area (Å²) >= 11 is 0. The van der Waals surface area contributed by atoms with E-state index >= 15 is 0 Å². The van der Waals surface area contributed by atoms with Crippen molar-refractivity contribution >= 4 is 6.09 Å². The monoisotopic (exact) mass is 317 g/mol. The number of hydrogen-bond acceptors (Lipinski definition) is 3. The molecule has 1 N–H and O–H groups in total. The van der Waals surface area contributed by atoms with Crippen molar-refractivity contribution < 1.29 is 27.8 Å². The van der Waals surface area contributed by atoms with E-state index in [1.807, 2.05) is 6.07 Å². The summed E-state index contributed by atoms with van der Waals surface area (Å²) in [5.74, 6) is -1.57. The lowest BCUT2D eigenvalue weighted by Gasteiger charge is -2.38. The van der Waals surface area contributed by atoms with Gasteiger partial charge in [-0.2, -0.15) is 13.2 Å². The number of nitrogens with zero attached hydrogens (tertiary/aromatic N) is 1. The fraction of sp³-hybridized carbons (Fsp3) is 0.533. The number of rotatable bonds is 3. The fourth-order valence-electron chi connectivity index (χ4n) is 2.51. The van der Waals surface area contributed by atoms with Gasteiger partial charge in [0.2, 0.25) is 0 Å². The first-order chi connectivity index (χ1) is 10.4. The minimum Gasteiger partial charge on any atom is -0.445 e. The van der Waals surface area contributed by atoms with Gasteiger partial charge in [0.05, 0.1) is 18.6 Å². The number of benzene rings is 1. The first kappa shape index (κ1) is 16.6. The summed E-state index contributed by atoms with van der Waals surface area (Å²) in [4.78, 5) is 13.0. The van der Waals surface area contributed by atoms with E-state index in [1.165, 1.54) is 0 Å². The van der Waals surface area contributed by atoms with E-state index in [0.29, 0.717) is 0 Å². The van der Waals surface area contributed by atoms with E-state index in [9.17, 15) is 23.1 Å². The summed E-state index contributed by atoms with van der Waals surface area (Å²) in [6.07, 6.45) is -5.15. The van der Waals surface area contributed by atoms with Gasteiger partial charge in [0.25, 0.3) is 0 Å². The average Bonchev–Trinajstić information content (AvgIpc) is 2.52. The normalized spacial score (nSPS) is 22.5. The Morgan fingerprint density at radius 1 is 1.27 bits per heavy atom. The quantitative estimate of drug-likeness (QED) is 0.932. The molecule has 0 aliphatic carbocycles. The minimum absolute atomic E-state index is 0.00892. The first-order valence-electron chi connectivity index (χ1n) is 7.06. The number of amides is 1. The van der Waals surface area contributed by atoms with Crippen LogP contribution in [0.4, 0.5) is 18.0 Å². The fourth-order valence-corrected chi connectivity index (χ4v) is 2.51. The Hall–Kier alpha value is -1.76. The van der Waals surface area contributed by atoms with Crippen LogP contribution in [0.5, 0.6) is 0 Å². The Morgan fingerprint density at radius 3 is 2.55 bits per heavy atom. The third-order valence-corrected chi connectivity index (χ3v) is 3.82. The highest BCUT2D eigenvalue weighted by molar-refractivity contribution is 5.68. The molecule has 1 amide bonds. The molecule has 0 unspecified atom stereocenters. The highest BCUT2D eigenvalue weighted by atomic mass is 19.4. The van der Waals surface area contributed by atoms with Gasteiger partial charge >= 0.3 is 12.3 Å². The SMILES string of the molecule is O=C(OCc1ccccc1)N1C[C@H](C(F)(F)F)CC[C@@H]1CO. The maximum Gasteiger partial charge on any atom is 0.410 e. The molecule has 1 aromatic rings. The number of hydrogen-bond donors (Lipinski definition) is 1. The van der Waals surface area contributed by atoms with Crippen LogP contribution in [0.2, 0.25) is 0 Å². The highest BCUT2D eigenvalue weighted by Gasteiger charge is 2.45. The smallest absolute Gasteiger partial charge is 0.410 e. The zero-order valence-corrected chi connectivity index (χ0v) is 11.9. The number of ether oxygens (including phenoxy) is 1. The molecule has 1 fully saturated rings. The summed E-state index contributed by atoms with van der Waals surface area (Å²) < 4.78 is 43.5. The number of aliphatic hydroxyl groups excluding tert-OH is 1. The van der Waals surface area contributed by atoms with Crippen molar-refractivity contribution in [1.29, 1.82) is 0 Å². The molecule has 1 heterocycles. The van der Waals surface area contributed by atoms with Crippen LogP contribution < -0.4 is 0 Å². The second kappa shape index (κ2) is 7.00. The predicted octanol–water partition coefficient (Wildman–Crippen LogP) is 2.96. The van der Waals surface area contributed by atoms with E-state index in [1.54, 1.807) is 24.3 Å². The standard InChI is InChI=1S/C15H18F3NO3/c16-15(17,18)12-6-7-13(9-20)19(8-12)14(21)22-10-11-4-2-1-3-5-11/h1-5,12-13,20H,6-10H2/t12-,13-/m1/s1. The van der Waals surface area contributed by atoms with Gasteiger partial charge in [-0.15, -0.1) is 0 Å². The Kier molecular flexibility index (Phi) is 5.28. The number of carbonyl (C=O) groups excluding carboxylic acids is 1. The van der Waals surface area contributed by atoms with Gasteiger partial charge in [0, 0.05) is 6.54 Å². The summed E-state index contributed by atoms with van der Waals surface area (Å²) in [5, 5.41) is 9.25. The zero-order chi connectivity index (χ0) is 16.2. The molecule has 1 saturated heterocycles. The second-order valence-electron chi connectivity index (χ2n) is 5.34. The molecule has 7 heteroatoms. The molecule has 4 nitrogen and oxygen atoms in total. The molecule has 1 aromatic carbocycles. The van der Waals surface area contributed by atoms with Gasteiger partial charge in [0.15, 0.2) is 0 Å². The molecule has 0 spiro atoms. The molecule has 1 aliphatic rings. The number of aliphatic hydroxyl groups is 1. The summed E-state index contributed by atoms with van der Waals surface area (Å²) in [5.41, 5.74) is 0.751. The molecular weight excluding hydrogens is 299 g/mol. The van der Waals surface area contributed by atoms with Gasteiger partial charge in [-0.1, -0.05) is 30.3 Å². The van der Waals surface area contributed by atoms with Crippen molar-refractivity contribution in [3.05, 3.63) is 35.9 Å². The van der Waals surface area contributed by atoms with E-state index in [-0.39, 0.29) is 26.1 Å². The maximum atomic E-state index is 12.8. The van der Waals surface area contributed by atoms with Crippen LogP contribution in [0.3, 0.4) is 0 Å². The van der Waals surface area contributed by atoms with Crippen LogP contribution in [0, 0.1) is 5.92 Å². The maximum absolute atomic E-state index is 12.8. The highest BCUT2D eigenvalue weighted by Crippen LogP contribution is 2.35. The van der Waals surface area contributed by atoms with Crippen molar-refractivity contribution in [2.45, 2.75) is 31.7 Å². The largest absolute Gasteiger partial charge is 0.445 e. The predicted molar refractivity (Wildman–Crippen MR) is 73.0 cm³/mol. The van der Waals surface area contributed by atoms with Gasteiger partial charge in [0.1, 0.15) is 6.61 Å². The summed E-state index contributed by atoms with van der Waals surface area (Å²) in [7, 11) is 0. The molecule has 2 atom stereocenters. The number of piperidine rings is 1. The molecule has 1 aliphatic heterocycles. The van der Waals surface area contributed by atoms with Gasteiger partial charge in [-0.25, -0.2) is 4.79 Å². The van der Waals surface area contributed by atoms with Crippen LogP contribution in [0.25, 0.3) is 0 Å². The minimum atomic E-state index is -4.35. The molecular formula is C15H18F3NO3. The van der Waals surface area contributed by atoms with Crippen LogP contribution >= 0.6 is 0 Å². The Morgan fingerprint density at radius 2 is 1.95 bits per heavy atom. The molecule has 2 rings (SSSR count). The number of carbonyl (C=O) groups is 1. The number of alkyl halides is 3. The molecule has 0 bridgehead atoms. The number of halogens is 3. The third kappa shape index (κ3) is 4.13. The lowest BCUT2D eigenvalue weighted by Crippen LogP contribution is -2.51. The Balaban J connectivity index is 1.98. The van der Waals surface area contributed by atoms with E-state index in [0.717, 1.165) is 10.5 Å². The third-order valence-electron chi connectivity index (χ3n) is 3.82. The van der Waals surface area contributed by atoms with Crippen molar-refractivity contribution in [2.75, 3.05) is 13.2 Å². The van der Waals surface area contributed by atoms with Crippen LogP contribution in [0.15, 0.2) is 30.3 Å². The van der Waals surface area contributed by atoms with Crippen LogP contribution in [-0.2, 0) is 11.3 Å². The van der Waals surface area contributed by atoms with Crippen LogP contribution in [0.1, 0.15) is 18.4 Å². The number of likely N-dealkylation sites (tertiary alicyclic amines) is 1. The molecule has 0 radical (unpaired) electrons. The lowest BCUT2D eigenvalue weighted by atomic mass is 9.93. The van der Waals surface area contributed by atoms with Gasteiger partial charge < -0.3 is 14.7 Å². The first-order valence-corrected chi connectivity index (χ1v) is 7.06. The molecule has 122 valence electrons. The summed E-state index contributed by atoms with van der Waals surface area (Å²) in [6, 6.07) is 8.25. The average molecular weight is 317 g/mol. The Bertz CT molecular complexity index is 493. The zero-order valence-electron chi connectivity index (χ0n) is 11.9. The van der Waals surface area contributed by atoms with Crippen molar-refractivity contribution in [2.24, 2.45) is 5.92 Å². The van der Waals surface area contributed by atoms with Crippen molar-refractivity contribution in [1.82, 2.24) is 4.90 Å². The lowest BCUT2D eigenvalue weighted by molar-refractivity contribution is -0.189. The van der Waals surface area contributed by atoms with Gasteiger partial charge in [-0.3, -0.25) is 0 Å². The van der Waals surface area contributed by atoms with Crippen molar-refractivity contribution in [3.8, 4) is 0 Å². The van der Waals surface area contributed by atoms with Gasteiger partial charge in [-0.05, 0) is 18.4 Å².